The molecule has 3 aromatic carbocycles. The molecule has 0 amide bonds. The number of aromatic carboxylic acids is 1. The van der Waals surface area contributed by atoms with Crippen molar-refractivity contribution in [1.82, 2.24) is 0 Å². The molecule has 3 nitrogen and oxygen atoms in total. The van der Waals surface area contributed by atoms with Crippen molar-refractivity contribution >= 4 is 28.9 Å². The van der Waals surface area contributed by atoms with Crippen LogP contribution >= 0.6 is 11.6 Å². The highest BCUT2D eigenvalue weighted by Crippen LogP contribution is 2.44. The number of rotatable bonds is 12. The van der Waals surface area contributed by atoms with E-state index in [4.69, 9.17) is 16.7 Å². The second-order valence-corrected chi connectivity index (χ2v) is 10.8. The fourth-order valence-electron chi connectivity index (χ4n) is 5.19. The Morgan fingerprint density at radius 3 is 2.39 bits per heavy atom. The molecule has 0 heterocycles. The number of benzene rings is 3. The number of allylic oxidation sites excluding steroid dienone is 1. The zero-order valence-electron chi connectivity index (χ0n) is 22.0. The normalized spacial score (nSPS) is 14.6. The van der Waals surface area contributed by atoms with Crippen LogP contribution in [-0.2, 0) is 12.8 Å². The van der Waals surface area contributed by atoms with Crippen LogP contribution in [0.3, 0.4) is 0 Å². The summed E-state index contributed by atoms with van der Waals surface area (Å²) in [5.41, 5.74) is 4.06. The lowest BCUT2D eigenvalue weighted by Gasteiger charge is -2.25. The average molecular weight is 533 g/mol. The van der Waals surface area contributed by atoms with Gasteiger partial charge in [0.2, 0.25) is 0 Å². The molecule has 5 heteroatoms. The third-order valence-electron chi connectivity index (χ3n) is 7.93. The summed E-state index contributed by atoms with van der Waals surface area (Å²) in [6.45, 7) is 8.43. The van der Waals surface area contributed by atoms with Crippen molar-refractivity contribution in [2.24, 2.45) is 11.8 Å². The summed E-state index contributed by atoms with van der Waals surface area (Å²) in [5.74, 6) is -0.696. The SMILES string of the molecule is C=C(C(=O)c1c(Cl)cccc1C1CC1)c1cccc(F)c1CC(CCc1ccc(C(=O)O)cc1)C(C)CC. The quantitative estimate of drug-likeness (QED) is 0.187. The fourth-order valence-corrected chi connectivity index (χ4v) is 5.45. The van der Waals surface area contributed by atoms with Gasteiger partial charge in [0, 0.05) is 11.1 Å². The number of aryl methyl sites for hydroxylation is 1. The third-order valence-corrected chi connectivity index (χ3v) is 8.24. The second kappa shape index (κ2) is 12.1. The van der Waals surface area contributed by atoms with Gasteiger partial charge in [-0.25, -0.2) is 9.18 Å². The van der Waals surface area contributed by atoms with Gasteiger partial charge in [0.15, 0.2) is 5.78 Å². The largest absolute Gasteiger partial charge is 0.478 e. The van der Waals surface area contributed by atoms with Gasteiger partial charge < -0.3 is 5.11 Å². The Labute approximate surface area is 229 Å². The molecule has 3 aromatic rings. The minimum absolute atomic E-state index is 0.167. The van der Waals surface area contributed by atoms with E-state index in [-0.39, 0.29) is 28.7 Å². The highest BCUT2D eigenvalue weighted by Gasteiger charge is 2.31. The summed E-state index contributed by atoms with van der Waals surface area (Å²) >= 11 is 6.50. The molecule has 0 bridgehead atoms. The Balaban J connectivity index is 1.59. The van der Waals surface area contributed by atoms with Gasteiger partial charge in [-0.05, 0) is 96.4 Å². The van der Waals surface area contributed by atoms with Crippen LogP contribution < -0.4 is 0 Å². The lowest BCUT2D eigenvalue weighted by Crippen LogP contribution is -2.18. The van der Waals surface area contributed by atoms with Gasteiger partial charge >= 0.3 is 5.97 Å². The molecule has 0 aliphatic heterocycles. The van der Waals surface area contributed by atoms with Crippen LogP contribution in [0.15, 0.2) is 67.2 Å². The van der Waals surface area contributed by atoms with Crippen molar-refractivity contribution in [2.75, 3.05) is 0 Å². The molecule has 198 valence electrons. The maximum Gasteiger partial charge on any atom is 0.335 e. The van der Waals surface area contributed by atoms with Gasteiger partial charge in [-0.15, -0.1) is 0 Å². The maximum atomic E-state index is 15.4. The Bertz CT molecular complexity index is 1340. The Morgan fingerprint density at radius 1 is 1.08 bits per heavy atom. The monoisotopic (exact) mass is 532 g/mol. The number of carbonyl (C=O) groups is 2. The van der Waals surface area contributed by atoms with E-state index in [1.165, 1.54) is 6.07 Å². The van der Waals surface area contributed by atoms with E-state index >= 15 is 4.39 Å². The maximum absolute atomic E-state index is 15.4. The molecule has 2 atom stereocenters. The molecule has 0 radical (unpaired) electrons. The molecule has 1 saturated carbocycles. The van der Waals surface area contributed by atoms with E-state index in [2.05, 4.69) is 20.4 Å². The van der Waals surface area contributed by atoms with Crippen LogP contribution in [0, 0.1) is 17.7 Å². The average Bonchev–Trinajstić information content (AvgIpc) is 3.76. The molecule has 1 aliphatic carbocycles. The summed E-state index contributed by atoms with van der Waals surface area (Å²) < 4.78 is 15.4. The first-order valence-corrected chi connectivity index (χ1v) is 13.7. The standard InChI is InChI=1S/C33H34ClFO3/c1-4-20(2)25(16-13-22-11-14-24(15-12-22)33(37)38)19-28-26(7-6-10-30(28)35)21(3)32(36)31-27(23-17-18-23)8-5-9-29(31)34/h5-12,14-15,20,23,25H,3-4,13,16-19H2,1-2H3,(H,37,38). The number of halogens is 2. The highest BCUT2D eigenvalue weighted by atomic mass is 35.5. The fraction of sp³-hybridized carbons (Fsp3) is 0.333. The van der Waals surface area contributed by atoms with Gasteiger partial charge in [-0.2, -0.15) is 0 Å². The van der Waals surface area contributed by atoms with Gasteiger partial charge in [0.1, 0.15) is 5.82 Å². The molecule has 1 N–H and O–H groups in total. The molecule has 1 fully saturated rings. The van der Waals surface area contributed by atoms with E-state index in [9.17, 15) is 9.59 Å². The van der Waals surface area contributed by atoms with Gasteiger partial charge in [-0.1, -0.05) is 74.8 Å². The first kappa shape index (κ1) is 27.8. The number of carboxylic acid groups (broad SMARTS) is 1. The third kappa shape index (κ3) is 6.24. The van der Waals surface area contributed by atoms with Crippen molar-refractivity contribution in [1.29, 1.82) is 0 Å². The summed E-state index contributed by atoms with van der Waals surface area (Å²) in [6.07, 6.45) is 5.06. The van der Waals surface area contributed by atoms with Crippen molar-refractivity contribution in [2.45, 2.75) is 58.3 Å². The number of hydrogen-bond acceptors (Lipinski definition) is 2. The van der Waals surface area contributed by atoms with Crippen LogP contribution in [0.5, 0.6) is 0 Å². The van der Waals surface area contributed by atoms with E-state index in [1.54, 1.807) is 30.3 Å². The van der Waals surface area contributed by atoms with Crippen LogP contribution in [0.2, 0.25) is 5.02 Å². The van der Waals surface area contributed by atoms with Crippen LogP contribution in [0.25, 0.3) is 5.57 Å². The smallest absolute Gasteiger partial charge is 0.335 e. The van der Waals surface area contributed by atoms with Crippen LogP contribution in [0.1, 0.15) is 88.4 Å². The van der Waals surface area contributed by atoms with Crippen molar-refractivity contribution in [3.63, 3.8) is 0 Å². The van der Waals surface area contributed by atoms with E-state index in [0.717, 1.165) is 43.2 Å². The molecule has 38 heavy (non-hydrogen) atoms. The predicted octanol–water partition coefficient (Wildman–Crippen LogP) is 8.79. The molecular formula is C33H34ClFO3. The molecular weight excluding hydrogens is 499 g/mol. The number of ketones is 1. The highest BCUT2D eigenvalue weighted by molar-refractivity contribution is 6.39. The first-order valence-electron chi connectivity index (χ1n) is 13.3. The van der Waals surface area contributed by atoms with Crippen LogP contribution in [0.4, 0.5) is 4.39 Å². The van der Waals surface area contributed by atoms with Crippen LogP contribution in [-0.4, -0.2) is 16.9 Å². The lowest BCUT2D eigenvalue weighted by molar-refractivity contribution is 0.0696. The predicted molar refractivity (Wildman–Crippen MR) is 152 cm³/mol. The molecule has 0 saturated heterocycles. The number of hydrogen-bond donors (Lipinski definition) is 1. The Kier molecular flexibility index (Phi) is 8.83. The topological polar surface area (TPSA) is 54.4 Å². The number of Topliss-reactive ketones (excluding diaryl/α,β-unsaturated/α-hetero) is 1. The minimum Gasteiger partial charge on any atom is -0.478 e. The number of carboxylic acids is 1. The number of carbonyl (C=O) groups excluding carboxylic acids is 1. The molecule has 0 aromatic heterocycles. The van der Waals surface area contributed by atoms with Gasteiger partial charge in [0.25, 0.3) is 0 Å². The molecule has 2 unspecified atom stereocenters. The van der Waals surface area contributed by atoms with Crippen molar-refractivity contribution < 1.29 is 19.1 Å². The Hall–Kier alpha value is -3.24. The van der Waals surface area contributed by atoms with Crippen molar-refractivity contribution in [3.05, 3.63) is 111 Å². The zero-order chi connectivity index (χ0) is 27.4. The Morgan fingerprint density at radius 2 is 1.76 bits per heavy atom. The minimum atomic E-state index is -0.947. The molecule has 0 spiro atoms. The van der Waals surface area contributed by atoms with E-state index < -0.39 is 5.97 Å². The van der Waals surface area contributed by atoms with E-state index in [1.807, 2.05) is 24.3 Å². The molecule has 4 rings (SSSR count). The second-order valence-electron chi connectivity index (χ2n) is 10.4. The van der Waals surface area contributed by atoms with Gasteiger partial charge in [0.05, 0.1) is 10.6 Å². The van der Waals surface area contributed by atoms with E-state index in [0.29, 0.717) is 40.0 Å². The summed E-state index contributed by atoms with van der Waals surface area (Å²) in [5, 5.41) is 9.56. The summed E-state index contributed by atoms with van der Waals surface area (Å²) in [6, 6.07) is 17.3. The lowest BCUT2D eigenvalue weighted by atomic mass is 9.80. The summed E-state index contributed by atoms with van der Waals surface area (Å²) in [7, 11) is 0. The summed E-state index contributed by atoms with van der Waals surface area (Å²) in [4.78, 5) is 24.9. The first-order chi connectivity index (χ1) is 18.2. The molecule has 1 aliphatic rings. The zero-order valence-corrected chi connectivity index (χ0v) is 22.7. The van der Waals surface area contributed by atoms with Gasteiger partial charge in [-0.3, -0.25) is 4.79 Å². The van der Waals surface area contributed by atoms with Crippen molar-refractivity contribution in [3.8, 4) is 0 Å².